The van der Waals surface area contributed by atoms with Crippen LogP contribution in [0.1, 0.15) is 39.0 Å². The van der Waals surface area contributed by atoms with Gasteiger partial charge in [0.15, 0.2) is 0 Å². The maximum Gasteiger partial charge on any atom is 0.337 e. The molecule has 6 heteroatoms. The monoisotopic (exact) mass is 441 g/mol. The van der Waals surface area contributed by atoms with Crippen molar-refractivity contribution in [3.8, 4) is 0 Å². The van der Waals surface area contributed by atoms with Crippen molar-refractivity contribution in [2.24, 2.45) is 0 Å². The van der Waals surface area contributed by atoms with Gasteiger partial charge in [0.05, 0.1) is 21.3 Å². The number of anilines is 1. The van der Waals surface area contributed by atoms with E-state index in [-0.39, 0.29) is 23.6 Å². The number of carboxylic acids is 1. The fourth-order valence-corrected chi connectivity index (χ4v) is 3.50. The van der Waals surface area contributed by atoms with Crippen LogP contribution in [0.25, 0.3) is 0 Å². The molecule has 3 aromatic rings. The summed E-state index contributed by atoms with van der Waals surface area (Å²) in [6.45, 7) is 2.02. The Morgan fingerprint density at radius 3 is 2.37 bits per heavy atom. The molecule has 0 heterocycles. The van der Waals surface area contributed by atoms with Gasteiger partial charge in [-0.3, -0.25) is 4.79 Å². The summed E-state index contributed by atoms with van der Waals surface area (Å²) in [6.07, 6.45) is 1.29. The van der Waals surface area contributed by atoms with Crippen LogP contribution in [-0.4, -0.2) is 17.0 Å². The lowest BCUT2D eigenvalue weighted by molar-refractivity contribution is -0.116. The van der Waals surface area contributed by atoms with Crippen LogP contribution in [0.5, 0.6) is 0 Å². The third-order valence-electron chi connectivity index (χ3n) is 4.87. The van der Waals surface area contributed by atoms with E-state index in [4.69, 9.17) is 23.2 Å². The van der Waals surface area contributed by atoms with E-state index in [2.05, 4.69) is 5.32 Å². The molecule has 0 aliphatic heterocycles. The highest BCUT2D eigenvalue weighted by Gasteiger charge is 2.14. The Morgan fingerprint density at radius 2 is 1.67 bits per heavy atom. The predicted octanol–water partition coefficient (Wildman–Crippen LogP) is 6.16. The average Bonchev–Trinajstić information content (AvgIpc) is 2.71. The van der Waals surface area contributed by atoms with E-state index in [0.717, 1.165) is 22.3 Å². The number of carboxylic acid groups (broad SMARTS) is 1. The Morgan fingerprint density at radius 1 is 0.933 bits per heavy atom. The third-order valence-corrected chi connectivity index (χ3v) is 5.61. The summed E-state index contributed by atoms with van der Waals surface area (Å²) < 4.78 is 0. The summed E-state index contributed by atoms with van der Waals surface area (Å²) in [5.74, 6) is -1.35. The van der Waals surface area contributed by atoms with Crippen LogP contribution in [0.15, 0.2) is 60.7 Å². The standard InChI is InChI=1S/C24H21Cl2NO3/c1-15-4-2-3-5-18(15)12-17-7-10-22(19(13-17)24(29)30)27-23(28)11-8-16-6-9-20(25)21(26)14-16/h2-7,9-10,13-14H,8,11-12H2,1H3,(H,27,28)(H,29,30). The third kappa shape index (κ3) is 5.62. The molecule has 4 nitrogen and oxygen atoms in total. The number of aromatic carboxylic acids is 1. The molecule has 0 atom stereocenters. The highest BCUT2D eigenvalue weighted by molar-refractivity contribution is 6.42. The summed E-state index contributed by atoms with van der Waals surface area (Å²) in [5, 5.41) is 13.2. The fourth-order valence-electron chi connectivity index (χ4n) is 3.18. The van der Waals surface area contributed by atoms with Crippen LogP contribution in [-0.2, 0) is 17.6 Å². The number of carbonyl (C=O) groups excluding carboxylic acids is 1. The minimum absolute atomic E-state index is 0.0731. The summed E-state index contributed by atoms with van der Waals surface area (Å²) >= 11 is 11.9. The quantitative estimate of drug-likeness (QED) is 0.461. The van der Waals surface area contributed by atoms with Crippen LogP contribution in [0.3, 0.4) is 0 Å². The smallest absolute Gasteiger partial charge is 0.337 e. The van der Waals surface area contributed by atoms with Gasteiger partial charge in [-0.2, -0.15) is 0 Å². The van der Waals surface area contributed by atoms with Gasteiger partial charge in [0.25, 0.3) is 0 Å². The van der Waals surface area contributed by atoms with E-state index in [1.54, 1.807) is 24.3 Å². The zero-order valence-electron chi connectivity index (χ0n) is 16.4. The lowest BCUT2D eigenvalue weighted by atomic mass is 9.98. The number of amides is 1. The van der Waals surface area contributed by atoms with Gasteiger partial charge in [-0.05, 0) is 66.3 Å². The number of nitrogens with one attached hydrogen (secondary N) is 1. The van der Waals surface area contributed by atoms with Gasteiger partial charge >= 0.3 is 5.97 Å². The fraction of sp³-hybridized carbons (Fsp3) is 0.167. The normalized spacial score (nSPS) is 10.6. The van der Waals surface area contributed by atoms with Crippen molar-refractivity contribution < 1.29 is 14.7 Å². The molecule has 3 aromatic carbocycles. The number of halogens is 2. The molecule has 0 unspecified atom stereocenters. The number of hydrogen-bond acceptors (Lipinski definition) is 2. The maximum absolute atomic E-state index is 12.4. The van der Waals surface area contributed by atoms with E-state index in [0.29, 0.717) is 22.9 Å². The molecular formula is C24H21Cl2NO3. The SMILES string of the molecule is Cc1ccccc1Cc1ccc(NC(=O)CCc2ccc(Cl)c(Cl)c2)c(C(=O)O)c1. The van der Waals surface area contributed by atoms with E-state index in [9.17, 15) is 14.7 Å². The maximum atomic E-state index is 12.4. The van der Waals surface area contributed by atoms with Crippen LogP contribution in [0.2, 0.25) is 10.0 Å². The first kappa shape index (κ1) is 21.9. The first-order valence-electron chi connectivity index (χ1n) is 9.48. The second-order valence-corrected chi connectivity index (χ2v) is 7.90. The Bertz CT molecular complexity index is 1100. The lowest BCUT2D eigenvalue weighted by Crippen LogP contribution is -2.15. The van der Waals surface area contributed by atoms with Crippen molar-refractivity contribution in [1.29, 1.82) is 0 Å². The molecule has 0 aliphatic carbocycles. The van der Waals surface area contributed by atoms with Gasteiger partial charge in [-0.1, -0.05) is 59.6 Å². The van der Waals surface area contributed by atoms with Crippen molar-refractivity contribution in [1.82, 2.24) is 0 Å². The van der Waals surface area contributed by atoms with Gasteiger partial charge in [-0.15, -0.1) is 0 Å². The van der Waals surface area contributed by atoms with Crippen LogP contribution >= 0.6 is 23.2 Å². The zero-order valence-corrected chi connectivity index (χ0v) is 17.9. The molecule has 0 saturated carbocycles. The molecule has 0 fully saturated rings. The molecule has 30 heavy (non-hydrogen) atoms. The molecule has 1 amide bonds. The molecular weight excluding hydrogens is 421 g/mol. The van der Waals surface area contributed by atoms with Crippen LogP contribution < -0.4 is 5.32 Å². The molecule has 154 valence electrons. The first-order valence-corrected chi connectivity index (χ1v) is 10.2. The molecule has 2 N–H and O–H groups in total. The minimum Gasteiger partial charge on any atom is -0.478 e. The van der Waals surface area contributed by atoms with Gasteiger partial charge in [0.1, 0.15) is 0 Å². The topological polar surface area (TPSA) is 66.4 Å². The van der Waals surface area contributed by atoms with E-state index in [1.807, 2.05) is 43.3 Å². The van der Waals surface area contributed by atoms with Crippen LogP contribution in [0.4, 0.5) is 5.69 Å². The molecule has 0 aliphatic rings. The summed E-state index contributed by atoms with van der Waals surface area (Å²) in [5.41, 5.74) is 4.39. The van der Waals surface area contributed by atoms with Gasteiger partial charge in [-0.25, -0.2) is 4.79 Å². The van der Waals surface area contributed by atoms with E-state index < -0.39 is 5.97 Å². The van der Waals surface area contributed by atoms with Gasteiger partial charge in [0.2, 0.25) is 5.91 Å². The summed E-state index contributed by atoms with van der Waals surface area (Å²) in [6, 6.07) is 18.3. The van der Waals surface area contributed by atoms with E-state index in [1.165, 1.54) is 0 Å². The summed E-state index contributed by atoms with van der Waals surface area (Å²) in [7, 11) is 0. The van der Waals surface area contributed by atoms with Gasteiger partial charge in [0, 0.05) is 6.42 Å². The first-order chi connectivity index (χ1) is 14.3. The Kier molecular flexibility index (Phi) is 7.14. The zero-order chi connectivity index (χ0) is 21.7. The Hall–Kier alpha value is -2.82. The van der Waals surface area contributed by atoms with Crippen molar-refractivity contribution >= 4 is 40.8 Å². The van der Waals surface area contributed by atoms with Crippen molar-refractivity contribution in [3.05, 3.63) is 98.5 Å². The van der Waals surface area contributed by atoms with Crippen molar-refractivity contribution in [2.45, 2.75) is 26.2 Å². The Balaban J connectivity index is 1.70. The van der Waals surface area contributed by atoms with E-state index >= 15 is 0 Å². The minimum atomic E-state index is -1.08. The number of carbonyl (C=O) groups is 2. The number of aryl methyl sites for hydroxylation is 2. The highest BCUT2D eigenvalue weighted by atomic mass is 35.5. The molecule has 3 rings (SSSR count). The molecule has 0 bridgehead atoms. The number of rotatable bonds is 7. The number of hydrogen-bond donors (Lipinski definition) is 2. The summed E-state index contributed by atoms with van der Waals surface area (Å²) in [4.78, 5) is 24.1. The largest absolute Gasteiger partial charge is 0.478 e. The van der Waals surface area contributed by atoms with Crippen molar-refractivity contribution in [3.63, 3.8) is 0 Å². The van der Waals surface area contributed by atoms with Crippen molar-refractivity contribution in [2.75, 3.05) is 5.32 Å². The lowest BCUT2D eigenvalue weighted by Gasteiger charge is -2.12. The molecule has 0 spiro atoms. The highest BCUT2D eigenvalue weighted by Crippen LogP contribution is 2.24. The second-order valence-electron chi connectivity index (χ2n) is 7.08. The predicted molar refractivity (Wildman–Crippen MR) is 121 cm³/mol. The molecule has 0 radical (unpaired) electrons. The second kappa shape index (κ2) is 9.79. The van der Waals surface area contributed by atoms with Crippen LogP contribution in [0, 0.1) is 6.92 Å². The Labute approximate surface area is 185 Å². The number of benzene rings is 3. The molecule has 0 saturated heterocycles. The average molecular weight is 442 g/mol. The van der Waals surface area contributed by atoms with Gasteiger partial charge < -0.3 is 10.4 Å². The molecule has 0 aromatic heterocycles.